The smallest absolute Gasteiger partial charge is 0.237 e. The number of benzene rings is 2. The lowest BCUT2D eigenvalue weighted by Gasteiger charge is -2.00. The van der Waals surface area contributed by atoms with Crippen LogP contribution in [0.1, 0.15) is 11.5 Å². The highest BCUT2D eigenvalue weighted by molar-refractivity contribution is 7.98. The summed E-state index contributed by atoms with van der Waals surface area (Å²) in [4.78, 5) is 8.94. The van der Waals surface area contributed by atoms with E-state index in [1.165, 1.54) is 17.8 Å². The van der Waals surface area contributed by atoms with Gasteiger partial charge in [0.05, 0.1) is 16.3 Å². The van der Waals surface area contributed by atoms with Crippen LogP contribution in [-0.2, 0) is 5.75 Å². The third-order valence-corrected chi connectivity index (χ3v) is 4.73. The molecule has 124 valence electrons. The van der Waals surface area contributed by atoms with E-state index in [2.05, 4.69) is 15.1 Å². The number of halogens is 1. The minimum Gasteiger partial charge on any atom is -0.338 e. The number of thioether (sulfide) groups is 1. The summed E-state index contributed by atoms with van der Waals surface area (Å²) in [6.07, 6.45) is 0. The van der Waals surface area contributed by atoms with Gasteiger partial charge in [-0.1, -0.05) is 53.3 Å². The summed E-state index contributed by atoms with van der Waals surface area (Å²) in [6, 6.07) is 16.9. The monoisotopic (exact) mass is 351 g/mol. The van der Waals surface area contributed by atoms with E-state index in [0.717, 1.165) is 15.9 Å². The van der Waals surface area contributed by atoms with Crippen LogP contribution in [0, 0.1) is 12.7 Å². The van der Waals surface area contributed by atoms with Crippen LogP contribution in [0.3, 0.4) is 0 Å². The summed E-state index contributed by atoms with van der Waals surface area (Å²) in [7, 11) is 0. The summed E-state index contributed by atoms with van der Waals surface area (Å²) < 4.78 is 18.9. The van der Waals surface area contributed by atoms with Gasteiger partial charge in [-0.3, -0.25) is 0 Å². The highest BCUT2D eigenvalue weighted by atomic mass is 32.2. The molecule has 0 fully saturated rings. The number of pyridine rings is 1. The van der Waals surface area contributed by atoms with Crippen LogP contribution < -0.4 is 0 Å². The Bertz CT molecular complexity index is 1050. The molecule has 0 saturated heterocycles. The number of fused-ring (bicyclic) bond motifs is 1. The summed E-state index contributed by atoms with van der Waals surface area (Å²) >= 11 is 1.52. The Hall–Kier alpha value is -2.73. The van der Waals surface area contributed by atoms with E-state index in [1.54, 1.807) is 19.1 Å². The van der Waals surface area contributed by atoms with Gasteiger partial charge in [-0.2, -0.15) is 4.98 Å². The molecule has 0 spiro atoms. The molecule has 2 heterocycles. The van der Waals surface area contributed by atoms with Crippen molar-refractivity contribution in [2.75, 3.05) is 0 Å². The van der Waals surface area contributed by atoms with E-state index in [4.69, 9.17) is 4.52 Å². The number of aromatic nitrogens is 3. The van der Waals surface area contributed by atoms with Gasteiger partial charge in [-0.25, -0.2) is 9.37 Å². The average Bonchev–Trinajstić information content (AvgIpc) is 3.11. The Labute approximate surface area is 148 Å². The first-order chi connectivity index (χ1) is 12.2. The molecule has 0 atom stereocenters. The van der Waals surface area contributed by atoms with Crippen LogP contribution in [-0.4, -0.2) is 15.1 Å². The van der Waals surface area contributed by atoms with E-state index in [1.807, 2.05) is 36.4 Å². The summed E-state index contributed by atoms with van der Waals surface area (Å²) in [5.74, 6) is 1.10. The standard InChI is InChI=1S/C19H14FN3OS/c1-12-6-7-14(10-15(12)20)19-22-17(24-23-19)11-25-18-9-8-13-4-2-3-5-16(13)21-18/h2-10H,11H2,1H3. The molecular weight excluding hydrogens is 337 g/mol. The van der Waals surface area contributed by atoms with Crippen molar-refractivity contribution in [2.24, 2.45) is 0 Å². The second kappa shape index (κ2) is 6.64. The topological polar surface area (TPSA) is 51.8 Å². The third kappa shape index (κ3) is 3.39. The quantitative estimate of drug-likeness (QED) is 0.483. The Morgan fingerprint density at radius 1 is 1.04 bits per heavy atom. The first kappa shape index (κ1) is 15.8. The van der Waals surface area contributed by atoms with Crippen molar-refractivity contribution < 1.29 is 8.91 Å². The zero-order valence-corrected chi connectivity index (χ0v) is 14.3. The Balaban J connectivity index is 1.49. The van der Waals surface area contributed by atoms with Gasteiger partial charge in [0.1, 0.15) is 5.82 Å². The predicted octanol–water partition coefficient (Wildman–Crippen LogP) is 5.02. The van der Waals surface area contributed by atoms with Crippen molar-refractivity contribution in [3.63, 3.8) is 0 Å². The second-order valence-corrected chi connectivity index (χ2v) is 6.60. The molecule has 6 heteroatoms. The summed E-state index contributed by atoms with van der Waals surface area (Å²) in [5, 5.41) is 5.93. The van der Waals surface area contributed by atoms with Gasteiger partial charge in [-0.05, 0) is 30.7 Å². The molecule has 25 heavy (non-hydrogen) atoms. The minimum atomic E-state index is -0.279. The van der Waals surface area contributed by atoms with Crippen LogP contribution in [0.2, 0.25) is 0 Å². The molecule has 0 bridgehead atoms. The number of hydrogen-bond donors (Lipinski definition) is 0. The molecule has 0 aliphatic heterocycles. The number of nitrogens with zero attached hydrogens (tertiary/aromatic N) is 3. The van der Waals surface area contributed by atoms with Crippen molar-refractivity contribution >= 4 is 22.7 Å². The molecule has 0 aliphatic carbocycles. The molecule has 0 radical (unpaired) electrons. The molecule has 0 saturated carbocycles. The molecule has 4 aromatic rings. The van der Waals surface area contributed by atoms with Gasteiger partial charge < -0.3 is 4.52 Å². The minimum absolute atomic E-state index is 0.279. The van der Waals surface area contributed by atoms with E-state index < -0.39 is 0 Å². The SMILES string of the molecule is Cc1ccc(-c2noc(CSc3ccc4ccccc4n3)n2)cc1F. The van der Waals surface area contributed by atoms with Gasteiger partial charge in [0.15, 0.2) is 0 Å². The number of rotatable bonds is 4. The van der Waals surface area contributed by atoms with Crippen molar-refractivity contribution in [1.82, 2.24) is 15.1 Å². The van der Waals surface area contributed by atoms with E-state index in [0.29, 0.717) is 28.6 Å². The highest BCUT2D eigenvalue weighted by Gasteiger charge is 2.11. The molecule has 2 aromatic heterocycles. The van der Waals surface area contributed by atoms with E-state index >= 15 is 0 Å². The number of hydrogen-bond acceptors (Lipinski definition) is 5. The van der Waals surface area contributed by atoms with Crippen molar-refractivity contribution in [2.45, 2.75) is 17.7 Å². The van der Waals surface area contributed by atoms with Crippen LogP contribution in [0.25, 0.3) is 22.3 Å². The van der Waals surface area contributed by atoms with Crippen LogP contribution in [0.15, 0.2) is 64.1 Å². The predicted molar refractivity (Wildman–Crippen MR) is 95.7 cm³/mol. The first-order valence-electron chi connectivity index (χ1n) is 7.77. The maximum absolute atomic E-state index is 13.7. The fraction of sp³-hybridized carbons (Fsp3) is 0.105. The van der Waals surface area contributed by atoms with E-state index in [9.17, 15) is 4.39 Å². The zero-order valence-electron chi connectivity index (χ0n) is 13.4. The Morgan fingerprint density at radius 3 is 2.80 bits per heavy atom. The fourth-order valence-corrected chi connectivity index (χ4v) is 3.14. The van der Waals surface area contributed by atoms with Gasteiger partial charge in [0.2, 0.25) is 11.7 Å². The lowest BCUT2D eigenvalue weighted by molar-refractivity contribution is 0.391. The maximum Gasteiger partial charge on any atom is 0.237 e. The first-order valence-corrected chi connectivity index (χ1v) is 8.75. The summed E-state index contributed by atoms with van der Waals surface area (Å²) in [6.45, 7) is 1.72. The van der Waals surface area contributed by atoms with Gasteiger partial charge in [0, 0.05) is 10.9 Å². The van der Waals surface area contributed by atoms with Gasteiger partial charge in [-0.15, -0.1) is 0 Å². The van der Waals surface area contributed by atoms with Crippen LogP contribution in [0.4, 0.5) is 4.39 Å². The third-order valence-electron chi connectivity index (χ3n) is 3.81. The van der Waals surface area contributed by atoms with Gasteiger partial charge in [0.25, 0.3) is 0 Å². The normalized spacial score (nSPS) is 11.1. The number of para-hydroxylation sites is 1. The lowest BCUT2D eigenvalue weighted by Crippen LogP contribution is -1.87. The van der Waals surface area contributed by atoms with Crippen molar-refractivity contribution in [1.29, 1.82) is 0 Å². The Morgan fingerprint density at radius 2 is 1.92 bits per heavy atom. The molecule has 4 nitrogen and oxygen atoms in total. The lowest BCUT2D eigenvalue weighted by atomic mass is 10.1. The highest BCUT2D eigenvalue weighted by Crippen LogP contribution is 2.25. The van der Waals surface area contributed by atoms with E-state index in [-0.39, 0.29) is 5.82 Å². The molecule has 0 N–H and O–H groups in total. The average molecular weight is 351 g/mol. The van der Waals surface area contributed by atoms with Crippen molar-refractivity contribution in [3.8, 4) is 11.4 Å². The second-order valence-electron chi connectivity index (χ2n) is 5.61. The zero-order chi connectivity index (χ0) is 17.2. The molecule has 4 rings (SSSR count). The van der Waals surface area contributed by atoms with Crippen LogP contribution in [0.5, 0.6) is 0 Å². The van der Waals surface area contributed by atoms with Crippen molar-refractivity contribution in [3.05, 3.63) is 71.9 Å². The molecule has 0 aliphatic rings. The largest absolute Gasteiger partial charge is 0.338 e. The molecule has 2 aromatic carbocycles. The molecule has 0 amide bonds. The number of aryl methyl sites for hydroxylation is 1. The molecule has 0 unspecified atom stereocenters. The van der Waals surface area contributed by atoms with Gasteiger partial charge >= 0.3 is 0 Å². The molecular formula is C19H14FN3OS. The van der Waals surface area contributed by atoms with Crippen LogP contribution >= 0.6 is 11.8 Å². The maximum atomic E-state index is 13.7. The Kier molecular flexibility index (Phi) is 4.19. The summed E-state index contributed by atoms with van der Waals surface area (Å²) in [5.41, 5.74) is 2.14. The fourth-order valence-electron chi connectivity index (χ4n) is 2.43.